The molecular weight excluding hydrogens is 712 g/mol. The number of aliphatic hydroxyl groups is 4. The number of nitriles is 2. The first-order valence-electron chi connectivity index (χ1n) is 21.2. The topological polar surface area (TPSA) is 158 Å². The average molecular weight is 780 g/mol. The fraction of sp³-hybridized carbons (Fsp3) is 0.696. The smallest absolute Gasteiger partial charge is 0.174 e. The molecule has 6 rings (SSSR count). The van der Waals surface area contributed by atoms with Crippen molar-refractivity contribution in [2.24, 2.45) is 35.5 Å². The minimum absolute atomic E-state index is 0.0751. The van der Waals surface area contributed by atoms with Crippen LogP contribution in [0.3, 0.4) is 0 Å². The number of halogens is 1. The summed E-state index contributed by atoms with van der Waals surface area (Å²) in [4.78, 5) is 0. The van der Waals surface area contributed by atoms with Gasteiger partial charge >= 0.3 is 0 Å². The minimum Gasteiger partial charge on any atom is -0.508 e. The Morgan fingerprint density at radius 1 is 0.709 bits per heavy atom. The summed E-state index contributed by atoms with van der Waals surface area (Å²) in [6, 6.07) is 15.7. The van der Waals surface area contributed by atoms with E-state index in [4.69, 9.17) is 26.9 Å². The third-order valence-electron chi connectivity index (χ3n) is 13.0. The van der Waals surface area contributed by atoms with Crippen LogP contribution >= 0.6 is 11.6 Å². The molecule has 2 aromatic rings. The third-order valence-corrected chi connectivity index (χ3v) is 13.1. The van der Waals surface area contributed by atoms with Gasteiger partial charge in [-0.15, -0.1) is 11.6 Å². The van der Waals surface area contributed by atoms with Gasteiger partial charge < -0.3 is 30.3 Å². The van der Waals surface area contributed by atoms with Crippen molar-refractivity contribution in [1.29, 1.82) is 10.5 Å². The number of unbranched alkanes of at least 4 members (excludes halogenated alkanes) is 4. The highest BCUT2D eigenvalue weighted by atomic mass is 35.5. The second kappa shape index (κ2) is 23.4. The van der Waals surface area contributed by atoms with Crippen LogP contribution in [0.5, 0.6) is 11.5 Å². The lowest BCUT2D eigenvalue weighted by Crippen LogP contribution is -2.28. The maximum Gasteiger partial charge on any atom is 0.174 e. The van der Waals surface area contributed by atoms with E-state index >= 15 is 0 Å². The fourth-order valence-electron chi connectivity index (χ4n) is 10.2. The van der Waals surface area contributed by atoms with Gasteiger partial charge in [-0.25, -0.2) is 0 Å². The third kappa shape index (κ3) is 12.8. The lowest BCUT2D eigenvalue weighted by Gasteiger charge is -2.32. The molecule has 4 aliphatic rings. The van der Waals surface area contributed by atoms with E-state index in [0.717, 1.165) is 101 Å². The summed E-state index contributed by atoms with van der Waals surface area (Å²) in [7, 11) is 0. The molecule has 0 aromatic heterocycles. The number of aliphatic hydroxyl groups excluding tert-OH is 4. The number of benzene rings is 2. The molecule has 0 saturated heterocycles. The highest BCUT2D eigenvalue weighted by Crippen LogP contribution is 2.49. The van der Waals surface area contributed by atoms with Gasteiger partial charge in [0.05, 0.1) is 30.5 Å². The molecule has 5 N–H and O–H groups in total. The molecule has 0 bridgehead atoms. The number of phenolic OH excluding ortho intramolecular Hbond substituents is 1. The average Bonchev–Trinajstić information content (AvgIpc) is 3.66. The van der Waals surface area contributed by atoms with Crippen molar-refractivity contribution in [2.45, 2.75) is 154 Å². The van der Waals surface area contributed by atoms with Gasteiger partial charge in [-0.2, -0.15) is 10.5 Å². The van der Waals surface area contributed by atoms with Gasteiger partial charge in [0.25, 0.3) is 0 Å². The lowest BCUT2D eigenvalue weighted by atomic mass is 9.73. The van der Waals surface area contributed by atoms with Crippen LogP contribution < -0.4 is 4.74 Å². The van der Waals surface area contributed by atoms with Crippen molar-refractivity contribution in [1.82, 2.24) is 0 Å². The van der Waals surface area contributed by atoms with Crippen molar-refractivity contribution in [2.75, 3.05) is 12.5 Å². The van der Waals surface area contributed by atoms with Crippen molar-refractivity contribution >= 4 is 11.6 Å². The molecule has 0 unspecified atom stereocenters. The summed E-state index contributed by atoms with van der Waals surface area (Å²) in [6.07, 6.45) is 16.6. The van der Waals surface area contributed by atoms with Crippen molar-refractivity contribution in [3.8, 4) is 23.6 Å². The summed E-state index contributed by atoms with van der Waals surface area (Å²) in [5.41, 5.74) is 4.86. The van der Waals surface area contributed by atoms with Gasteiger partial charge in [-0.1, -0.05) is 76.6 Å². The van der Waals surface area contributed by atoms with Crippen LogP contribution in [0, 0.1) is 58.2 Å². The fourth-order valence-corrected chi connectivity index (χ4v) is 10.2. The molecule has 2 saturated carbocycles. The Bertz CT molecular complexity index is 1520. The number of nitrogens with zero attached hydrogens (tertiary/aromatic N) is 2. The summed E-state index contributed by atoms with van der Waals surface area (Å²) in [5.74, 6) is 3.86. The summed E-state index contributed by atoms with van der Waals surface area (Å²) in [6.45, 7) is 4.44. The van der Waals surface area contributed by atoms with E-state index in [-0.39, 0.29) is 42.8 Å². The van der Waals surface area contributed by atoms with Crippen molar-refractivity contribution in [3.05, 3.63) is 58.7 Å². The Morgan fingerprint density at radius 2 is 1.20 bits per heavy atom. The highest BCUT2D eigenvalue weighted by Gasteiger charge is 2.46. The quantitative estimate of drug-likeness (QED) is 0.0838. The number of phenols is 1. The Balaban J connectivity index is 0.000000224. The van der Waals surface area contributed by atoms with E-state index in [1.54, 1.807) is 12.1 Å². The standard InChI is InChI=1S/C23H33NO3.C21H32O3.C2H2ClN/c1-2-3-4-7-18(25)9-10-19-20-13-16-6-5-8-23(27-12-11-24)21(16)14-17(20)15-22(19)26;1-2-3-4-7-16(22)9-10-17-18-11-14-6-5-8-20(23)19(14)12-15(18)13-21(17)24;3-1-2-4/h5-6,8,17-20,22,25-26H,2-4,7,9-10,12-15H2,1H3;5-6,8,15-18,21-24H,2-4,7,9-13H2,1H3;1H2/t17-,18+,19+,20-,22+;15-,16+,17+,18-,21+;/m00./s1. The predicted octanol–water partition coefficient (Wildman–Crippen LogP) is 8.60. The first-order chi connectivity index (χ1) is 26.6. The maximum absolute atomic E-state index is 10.7. The molecule has 8 nitrogen and oxygen atoms in total. The van der Waals surface area contributed by atoms with Gasteiger partial charge in [-0.3, -0.25) is 0 Å². The van der Waals surface area contributed by atoms with E-state index in [0.29, 0.717) is 35.3 Å². The van der Waals surface area contributed by atoms with Crippen LogP contribution in [0.25, 0.3) is 0 Å². The molecule has 2 aromatic carbocycles. The Morgan fingerprint density at radius 3 is 1.69 bits per heavy atom. The van der Waals surface area contributed by atoms with E-state index in [1.165, 1.54) is 42.4 Å². The maximum atomic E-state index is 10.7. The SMILES string of the molecule is CCCCC[C@@H](O)CC[C@@H]1[C@H]2Cc3cccc(O)c3C[C@H]2C[C@H]1O.CCCCC[C@@H](O)CC[C@@H]1[C@H]2Cc3cccc(OCC#N)c3C[C@H]2C[C@H]1O.N#CCCl. The molecule has 2 fully saturated rings. The zero-order valence-electron chi connectivity index (χ0n) is 33.3. The normalized spacial score (nSPS) is 26.9. The van der Waals surface area contributed by atoms with Crippen LogP contribution in [0.2, 0.25) is 0 Å². The zero-order valence-corrected chi connectivity index (χ0v) is 34.1. The van der Waals surface area contributed by atoms with Crippen molar-refractivity contribution in [3.63, 3.8) is 0 Å². The van der Waals surface area contributed by atoms with Crippen LogP contribution in [0.4, 0.5) is 0 Å². The molecule has 0 aliphatic heterocycles. The van der Waals surface area contributed by atoms with E-state index in [2.05, 4.69) is 26.0 Å². The highest BCUT2D eigenvalue weighted by molar-refractivity contribution is 6.19. The Hall–Kier alpha value is -2.85. The Kier molecular flexibility index (Phi) is 19.1. The molecule has 4 aliphatic carbocycles. The first-order valence-corrected chi connectivity index (χ1v) is 21.7. The van der Waals surface area contributed by atoms with Gasteiger partial charge in [0.2, 0.25) is 0 Å². The number of hydrogen-bond donors (Lipinski definition) is 5. The molecule has 0 amide bonds. The molecular formula is C46H67ClN2O6. The number of fused-ring (bicyclic) bond motifs is 4. The second-order valence-corrected chi connectivity index (χ2v) is 16.9. The van der Waals surface area contributed by atoms with Gasteiger partial charge in [0, 0.05) is 0 Å². The van der Waals surface area contributed by atoms with Crippen LogP contribution in [-0.4, -0.2) is 62.4 Å². The summed E-state index contributed by atoms with van der Waals surface area (Å²) < 4.78 is 5.62. The van der Waals surface area contributed by atoms with Crippen molar-refractivity contribution < 1.29 is 30.3 Å². The predicted molar refractivity (Wildman–Crippen MR) is 218 cm³/mol. The molecule has 304 valence electrons. The molecule has 0 radical (unpaired) electrons. The van der Waals surface area contributed by atoms with E-state index in [1.807, 2.05) is 24.3 Å². The van der Waals surface area contributed by atoms with E-state index in [9.17, 15) is 25.5 Å². The van der Waals surface area contributed by atoms with Gasteiger partial charge in [0.1, 0.15) is 23.4 Å². The van der Waals surface area contributed by atoms with E-state index < -0.39 is 0 Å². The molecule has 0 spiro atoms. The van der Waals surface area contributed by atoms with Gasteiger partial charge in [0.15, 0.2) is 6.61 Å². The Labute approximate surface area is 335 Å². The second-order valence-electron chi connectivity index (χ2n) is 16.6. The lowest BCUT2D eigenvalue weighted by molar-refractivity contribution is 0.0864. The monoisotopic (exact) mass is 778 g/mol. The summed E-state index contributed by atoms with van der Waals surface area (Å²) in [5, 5.41) is 68.1. The number of rotatable bonds is 16. The molecule has 10 atom stereocenters. The number of ether oxygens (including phenoxy) is 1. The van der Waals surface area contributed by atoms with Crippen LogP contribution in [-0.2, 0) is 25.7 Å². The van der Waals surface area contributed by atoms with Gasteiger partial charge in [-0.05, 0) is 147 Å². The molecule has 0 heterocycles. The summed E-state index contributed by atoms with van der Waals surface area (Å²) >= 11 is 4.82. The minimum atomic E-state index is -0.263. The molecule has 55 heavy (non-hydrogen) atoms. The van der Waals surface area contributed by atoms with Crippen LogP contribution in [0.1, 0.15) is 126 Å². The zero-order chi connectivity index (χ0) is 39.7. The number of alkyl halides is 1. The number of hydrogen-bond acceptors (Lipinski definition) is 8. The molecule has 9 heteroatoms. The largest absolute Gasteiger partial charge is 0.508 e. The first kappa shape index (κ1) is 44.9. The van der Waals surface area contributed by atoms with Crippen LogP contribution in [0.15, 0.2) is 36.4 Å². The number of aromatic hydroxyl groups is 1.